The third-order valence-electron chi connectivity index (χ3n) is 5.34. The summed E-state index contributed by atoms with van der Waals surface area (Å²) >= 11 is 0. The van der Waals surface area contributed by atoms with Gasteiger partial charge >= 0.3 is 0 Å². The summed E-state index contributed by atoms with van der Waals surface area (Å²) in [6, 6.07) is 30.0. The van der Waals surface area contributed by atoms with Crippen molar-refractivity contribution in [1.82, 2.24) is 20.4 Å². The quantitative estimate of drug-likeness (QED) is 0.344. The fourth-order valence-corrected chi connectivity index (χ4v) is 3.93. The average Bonchev–Trinajstić information content (AvgIpc) is 2.88. The van der Waals surface area contributed by atoms with Crippen LogP contribution in [0, 0.1) is 0 Å². The summed E-state index contributed by atoms with van der Waals surface area (Å²) in [5.74, 6) is 1.61. The Morgan fingerprint density at radius 3 is 1.59 bits per heavy atom. The number of fused-ring (bicyclic) bond motifs is 2. The second-order valence-corrected chi connectivity index (χ2v) is 7.36. The van der Waals surface area contributed by atoms with Crippen LogP contribution in [0.25, 0.3) is 22.5 Å². The Kier molecular flexibility index (Phi) is 4.32. The molecule has 2 aromatic heterocycles. The number of nitrogens with zero attached hydrogens (tertiary/aromatic N) is 5. The second kappa shape index (κ2) is 7.59. The monoisotopic (exact) mass is 415 g/mol. The molecular weight excluding hydrogens is 398 g/mol. The van der Waals surface area contributed by atoms with Gasteiger partial charge in [-0.15, -0.1) is 0 Å². The Bertz CT molecular complexity index is 1300. The van der Waals surface area contributed by atoms with E-state index in [4.69, 9.17) is 4.74 Å². The Morgan fingerprint density at radius 1 is 0.562 bits per heavy atom. The summed E-state index contributed by atoms with van der Waals surface area (Å²) in [4.78, 5) is 2.20. The van der Waals surface area contributed by atoms with Gasteiger partial charge in [-0.1, -0.05) is 24.3 Å². The van der Waals surface area contributed by atoms with E-state index in [0.717, 1.165) is 51.1 Å². The Balaban J connectivity index is 1.61. The molecule has 0 spiro atoms. The zero-order chi connectivity index (χ0) is 21.3. The van der Waals surface area contributed by atoms with Crippen molar-refractivity contribution in [3.8, 4) is 34.0 Å². The first-order valence-corrected chi connectivity index (χ1v) is 10.2. The normalized spacial score (nSPS) is 11.9. The molecule has 5 aromatic rings. The van der Waals surface area contributed by atoms with E-state index >= 15 is 0 Å². The minimum atomic E-state index is 0.786. The number of anilines is 3. The van der Waals surface area contributed by atoms with Crippen LogP contribution in [0.1, 0.15) is 0 Å². The first kappa shape index (κ1) is 18.2. The van der Waals surface area contributed by atoms with Crippen LogP contribution in [0.2, 0.25) is 0 Å². The van der Waals surface area contributed by atoms with Crippen LogP contribution in [0.4, 0.5) is 17.1 Å². The molecule has 6 nitrogen and oxygen atoms in total. The zero-order valence-electron chi connectivity index (χ0n) is 17.0. The van der Waals surface area contributed by atoms with Crippen LogP contribution < -0.4 is 9.64 Å². The molecule has 0 fully saturated rings. The largest absolute Gasteiger partial charge is 0.453 e. The molecule has 0 saturated heterocycles. The van der Waals surface area contributed by atoms with Gasteiger partial charge in [-0.2, -0.15) is 20.4 Å². The molecule has 0 radical (unpaired) electrons. The summed E-state index contributed by atoms with van der Waals surface area (Å²) in [6.45, 7) is 0. The minimum Gasteiger partial charge on any atom is -0.453 e. The van der Waals surface area contributed by atoms with Crippen LogP contribution in [0.3, 0.4) is 0 Å². The highest BCUT2D eigenvalue weighted by Gasteiger charge is 2.26. The highest BCUT2D eigenvalue weighted by molar-refractivity contribution is 5.89. The standard InChI is InChI=1S/C26H17N5O/c1-3-11-25-23(9-1)31(24-10-2-4-12-26(24)32-25)20-16-18(21-7-5-13-27-29-21)15-19(17-20)22-8-6-14-28-30-22/h1-17H. The molecule has 0 amide bonds. The molecule has 3 aromatic carbocycles. The molecule has 32 heavy (non-hydrogen) atoms. The molecule has 6 heteroatoms. The number of rotatable bonds is 3. The molecule has 0 aliphatic carbocycles. The fourth-order valence-electron chi connectivity index (χ4n) is 3.93. The van der Waals surface area contributed by atoms with E-state index in [0.29, 0.717) is 0 Å². The van der Waals surface area contributed by atoms with Crippen LogP contribution in [0.15, 0.2) is 103 Å². The van der Waals surface area contributed by atoms with Gasteiger partial charge in [0.25, 0.3) is 0 Å². The van der Waals surface area contributed by atoms with Gasteiger partial charge in [0.2, 0.25) is 0 Å². The van der Waals surface area contributed by atoms with Gasteiger partial charge in [0.15, 0.2) is 11.5 Å². The van der Waals surface area contributed by atoms with Gasteiger partial charge in [0, 0.05) is 29.2 Å². The van der Waals surface area contributed by atoms with Gasteiger partial charge in [0.1, 0.15) is 0 Å². The molecule has 0 unspecified atom stereocenters. The van der Waals surface area contributed by atoms with Crippen molar-refractivity contribution in [3.63, 3.8) is 0 Å². The van der Waals surface area contributed by atoms with Crippen LogP contribution in [-0.4, -0.2) is 20.4 Å². The van der Waals surface area contributed by atoms with Crippen molar-refractivity contribution in [2.24, 2.45) is 0 Å². The molecule has 1 aliphatic heterocycles. The van der Waals surface area contributed by atoms with E-state index < -0.39 is 0 Å². The van der Waals surface area contributed by atoms with Crippen LogP contribution in [-0.2, 0) is 0 Å². The molecule has 6 rings (SSSR count). The minimum absolute atomic E-state index is 0.786. The van der Waals surface area contributed by atoms with Crippen molar-refractivity contribution in [1.29, 1.82) is 0 Å². The molecule has 0 bridgehead atoms. The topological polar surface area (TPSA) is 64.0 Å². The van der Waals surface area contributed by atoms with Crippen molar-refractivity contribution in [2.45, 2.75) is 0 Å². The highest BCUT2D eigenvalue weighted by Crippen LogP contribution is 2.50. The maximum atomic E-state index is 6.17. The maximum absolute atomic E-state index is 6.17. The van der Waals surface area contributed by atoms with Crippen molar-refractivity contribution < 1.29 is 4.74 Å². The van der Waals surface area contributed by atoms with Gasteiger partial charge in [-0.3, -0.25) is 0 Å². The second-order valence-electron chi connectivity index (χ2n) is 7.36. The number of hydrogen-bond acceptors (Lipinski definition) is 6. The fraction of sp³-hybridized carbons (Fsp3) is 0. The number of benzene rings is 3. The van der Waals surface area contributed by atoms with E-state index in [1.165, 1.54) is 0 Å². The third-order valence-corrected chi connectivity index (χ3v) is 5.34. The van der Waals surface area contributed by atoms with E-state index in [1.807, 2.05) is 60.7 Å². The average molecular weight is 415 g/mol. The third kappa shape index (κ3) is 3.15. The van der Waals surface area contributed by atoms with E-state index in [2.05, 4.69) is 55.6 Å². The number of aromatic nitrogens is 4. The molecule has 3 heterocycles. The van der Waals surface area contributed by atoms with Crippen LogP contribution in [0.5, 0.6) is 11.5 Å². The lowest BCUT2D eigenvalue weighted by Gasteiger charge is -2.33. The van der Waals surface area contributed by atoms with Gasteiger partial charge in [-0.05, 0) is 66.7 Å². The highest BCUT2D eigenvalue weighted by atomic mass is 16.5. The number of ether oxygens (including phenoxy) is 1. The predicted molar refractivity (Wildman–Crippen MR) is 123 cm³/mol. The van der Waals surface area contributed by atoms with Crippen molar-refractivity contribution in [3.05, 3.63) is 103 Å². The molecule has 0 atom stereocenters. The lowest BCUT2D eigenvalue weighted by Crippen LogP contribution is -2.15. The van der Waals surface area contributed by atoms with Gasteiger partial charge < -0.3 is 9.64 Å². The molecule has 0 N–H and O–H groups in total. The molecule has 1 aliphatic rings. The Morgan fingerprint density at radius 2 is 1.09 bits per heavy atom. The summed E-state index contributed by atoms with van der Waals surface area (Å²) in [5, 5.41) is 16.8. The SMILES string of the molecule is c1cnnc(-c2cc(-c3cccnn3)cc(N3c4ccccc4Oc4ccccc43)c2)c1. The van der Waals surface area contributed by atoms with E-state index in [1.54, 1.807) is 12.4 Å². The summed E-state index contributed by atoms with van der Waals surface area (Å²) in [7, 11) is 0. The number of para-hydroxylation sites is 4. The Labute approximate surface area is 184 Å². The number of hydrogen-bond donors (Lipinski definition) is 0. The summed E-state index contributed by atoms with van der Waals surface area (Å²) < 4.78 is 6.17. The van der Waals surface area contributed by atoms with Crippen LogP contribution >= 0.6 is 0 Å². The predicted octanol–water partition coefficient (Wildman–Crippen LogP) is 6.18. The first-order chi connectivity index (χ1) is 15.9. The van der Waals surface area contributed by atoms with E-state index in [-0.39, 0.29) is 0 Å². The zero-order valence-corrected chi connectivity index (χ0v) is 17.0. The van der Waals surface area contributed by atoms with Gasteiger partial charge in [-0.25, -0.2) is 0 Å². The van der Waals surface area contributed by atoms with E-state index in [9.17, 15) is 0 Å². The van der Waals surface area contributed by atoms with Crippen molar-refractivity contribution in [2.75, 3.05) is 4.90 Å². The lowest BCUT2D eigenvalue weighted by molar-refractivity contribution is 0.477. The smallest absolute Gasteiger partial charge is 0.151 e. The maximum Gasteiger partial charge on any atom is 0.151 e. The Hall–Kier alpha value is -4.58. The lowest BCUT2D eigenvalue weighted by atomic mass is 10.0. The summed E-state index contributed by atoms with van der Waals surface area (Å²) in [6.07, 6.45) is 3.34. The molecule has 152 valence electrons. The first-order valence-electron chi connectivity index (χ1n) is 10.2. The summed E-state index contributed by atoms with van der Waals surface area (Å²) in [5.41, 5.74) is 6.36. The van der Waals surface area contributed by atoms with Crippen molar-refractivity contribution >= 4 is 17.1 Å². The van der Waals surface area contributed by atoms with Gasteiger partial charge in [0.05, 0.1) is 22.8 Å². The molecule has 0 saturated carbocycles. The molecular formula is C26H17N5O.